The highest BCUT2D eigenvalue weighted by Crippen LogP contribution is 2.30. The van der Waals surface area contributed by atoms with Gasteiger partial charge in [0.15, 0.2) is 0 Å². The largest absolute Gasteiger partial charge is 0.384 e. The fraction of sp³-hybridized carbons (Fsp3) is 0. The van der Waals surface area contributed by atoms with E-state index in [1.165, 1.54) is 0 Å². The fourth-order valence-corrected chi connectivity index (χ4v) is 2.82. The summed E-state index contributed by atoms with van der Waals surface area (Å²) in [5.41, 5.74) is 5.04. The average Bonchev–Trinajstić information content (AvgIpc) is 2.59. The molecule has 1 heterocycles. The molecule has 10 heteroatoms. The van der Waals surface area contributed by atoms with Crippen molar-refractivity contribution >= 4 is 39.1 Å². The van der Waals surface area contributed by atoms with Crippen LogP contribution in [0.4, 0.5) is 5.82 Å². The zero-order valence-electron chi connectivity index (χ0n) is 9.09. The molecule has 0 spiro atoms. The molecule has 0 aliphatic heterocycles. The quantitative estimate of drug-likeness (QED) is 0.720. The number of halogens is 2. The third-order valence-corrected chi connectivity index (χ3v) is 3.88. The molecule has 0 amide bonds. The minimum atomic E-state index is -4.50. The number of anilines is 1. The van der Waals surface area contributed by atoms with Crippen molar-refractivity contribution in [3.63, 3.8) is 0 Å². The van der Waals surface area contributed by atoms with E-state index in [0.29, 0.717) is 0 Å². The Bertz CT molecular complexity index is 809. The summed E-state index contributed by atoms with van der Waals surface area (Å²) in [5.74, 6) is 0.107. The van der Waals surface area contributed by atoms with Crippen LogP contribution in [-0.2, 0) is 10.1 Å². The molecule has 0 fully saturated rings. The van der Waals surface area contributed by atoms with Crippen molar-refractivity contribution in [2.24, 2.45) is 0 Å². The smallest absolute Gasteiger partial charge is 0.296 e. The third-order valence-electron chi connectivity index (χ3n) is 2.26. The molecule has 19 heavy (non-hydrogen) atoms. The molecule has 4 N–H and O–H groups in total. The first-order chi connectivity index (χ1) is 8.70. The number of hydrogen-bond acceptors (Lipinski definition) is 4. The number of nitrogens with one attached hydrogen (secondary N) is 1. The van der Waals surface area contributed by atoms with Crippen LogP contribution in [0.1, 0.15) is 0 Å². The molecule has 0 bridgehead atoms. The van der Waals surface area contributed by atoms with Crippen LogP contribution in [0, 0.1) is 0 Å². The van der Waals surface area contributed by atoms with Gasteiger partial charge < -0.3 is 5.73 Å². The van der Waals surface area contributed by atoms with Crippen molar-refractivity contribution < 1.29 is 13.0 Å². The van der Waals surface area contributed by atoms with Crippen LogP contribution < -0.4 is 11.3 Å². The summed E-state index contributed by atoms with van der Waals surface area (Å²) in [6, 6.07) is 3.20. The SMILES string of the molecule is Nc1cc(=O)n(-c2cc(Cl)c(S(=O)(=O)O)cc2Cl)[nH]1. The van der Waals surface area contributed by atoms with Gasteiger partial charge in [0.25, 0.3) is 15.7 Å². The lowest BCUT2D eigenvalue weighted by Gasteiger charge is -2.08. The van der Waals surface area contributed by atoms with Gasteiger partial charge in [-0.25, -0.2) is 4.68 Å². The van der Waals surface area contributed by atoms with Crippen LogP contribution >= 0.6 is 23.2 Å². The van der Waals surface area contributed by atoms with Crippen LogP contribution in [0.15, 0.2) is 27.9 Å². The number of H-pyrrole nitrogens is 1. The fourth-order valence-electron chi connectivity index (χ4n) is 1.48. The van der Waals surface area contributed by atoms with Crippen molar-refractivity contribution in [2.75, 3.05) is 5.73 Å². The Hall–Kier alpha value is -1.48. The Morgan fingerprint density at radius 2 is 1.84 bits per heavy atom. The van der Waals surface area contributed by atoms with Crippen molar-refractivity contribution in [1.29, 1.82) is 0 Å². The van der Waals surface area contributed by atoms with E-state index >= 15 is 0 Å². The van der Waals surface area contributed by atoms with E-state index in [-0.39, 0.29) is 21.6 Å². The van der Waals surface area contributed by atoms with E-state index < -0.39 is 20.6 Å². The average molecular weight is 324 g/mol. The number of aromatic nitrogens is 2. The van der Waals surface area contributed by atoms with Crippen LogP contribution in [-0.4, -0.2) is 22.8 Å². The summed E-state index contributed by atoms with van der Waals surface area (Å²) in [6.07, 6.45) is 0. The Morgan fingerprint density at radius 3 is 2.32 bits per heavy atom. The molecule has 0 aliphatic rings. The summed E-state index contributed by atoms with van der Waals surface area (Å²) >= 11 is 11.6. The molecule has 7 nitrogen and oxygen atoms in total. The number of aromatic amines is 1. The van der Waals surface area contributed by atoms with Gasteiger partial charge in [-0.2, -0.15) is 8.42 Å². The highest BCUT2D eigenvalue weighted by Gasteiger charge is 2.19. The second kappa shape index (κ2) is 4.57. The Kier molecular flexibility index (Phi) is 3.35. The molecule has 0 unspecified atom stereocenters. The summed E-state index contributed by atoms with van der Waals surface area (Å²) in [5, 5.41) is 2.14. The van der Waals surface area contributed by atoms with Crippen molar-refractivity contribution in [3.05, 3.63) is 38.6 Å². The molecule has 102 valence electrons. The summed E-state index contributed by atoms with van der Waals surface area (Å²) in [6.45, 7) is 0. The van der Waals surface area contributed by atoms with Gasteiger partial charge in [0.1, 0.15) is 10.7 Å². The van der Waals surface area contributed by atoms with Gasteiger partial charge in [-0.1, -0.05) is 23.2 Å². The van der Waals surface area contributed by atoms with Gasteiger partial charge in [0.2, 0.25) is 0 Å². The first-order valence-corrected chi connectivity index (χ1v) is 6.94. The highest BCUT2D eigenvalue weighted by atomic mass is 35.5. The van der Waals surface area contributed by atoms with Gasteiger partial charge in [0.05, 0.1) is 15.7 Å². The minimum absolute atomic E-state index is 0.0963. The second-order valence-electron chi connectivity index (χ2n) is 3.59. The van der Waals surface area contributed by atoms with Crippen LogP contribution in [0.2, 0.25) is 10.0 Å². The number of nitrogen functional groups attached to an aromatic ring is 1. The van der Waals surface area contributed by atoms with Gasteiger partial charge in [-0.05, 0) is 12.1 Å². The molecule has 0 saturated heterocycles. The standard InChI is InChI=1S/C9H7Cl2N3O4S/c10-4-2-7(19(16,17)18)5(11)1-6(4)14-9(15)3-8(12)13-14/h1-3,13H,12H2,(H,16,17,18). The number of nitrogens with two attached hydrogens (primary N) is 1. The first-order valence-electron chi connectivity index (χ1n) is 4.74. The second-order valence-corrected chi connectivity index (χ2v) is 5.80. The van der Waals surface area contributed by atoms with Gasteiger partial charge in [-0.15, -0.1) is 0 Å². The topological polar surface area (TPSA) is 118 Å². The maximum atomic E-state index is 11.6. The highest BCUT2D eigenvalue weighted by molar-refractivity contribution is 7.86. The lowest BCUT2D eigenvalue weighted by molar-refractivity contribution is 0.483. The normalized spacial score (nSPS) is 11.7. The molecule has 0 atom stereocenters. The number of nitrogens with zero attached hydrogens (tertiary/aromatic N) is 1. The van der Waals surface area contributed by atoms with Gasteiger partial charge >= 0.3 is 0 Å². The molecular weight excluding hydrogens is 317 g/mol. The molecule has 2 aromatic rings. The number of hydrogen-bond donors (Lipinski definition) is 3. The van der Waals surface area contributed by atoms with Crippen LogP contribution in [0.25, 0.3) is 5.69 Å². The summed E-state index contributed by atoms with van der Waals surface area (Å²) in [4.78, 5) is 11.0. The van der Waals surface area contributed by atoms with Crippen LogP contribution in [0.5, 0.6) is 0 Å². The van der Waals surface area contributed by atoms with Crippen molar-refractivity contribution in [2.45, 2.75) is 4.90 Å². The molecule has 0 saturated carbocycles. The van der Waals surface area contributed by atoms with E-state index in [1.807, 2.05) is 0 Å². The first kappa shape index (κ1) is 13.9. The van der Waals surface area contributed by atoms with E-state index in [9.17, 15) is 13.2 Å². The lowest BCUT2D eigenvalue weighted by Crippen LogP contribution is -2.14. The molecule has 0 aliphatic carbocycles. The third kappa shape index (κ3) is 2.61. The Labute approximate surface area is 117 Å². The molecule has 1 aromatic heterocycles. The van der Waals surface area contributed by atoms with Crippen molar-refractivity contribution in [3.8, 4) is 5.69 Å². The molecule has 1 aromatic carbocycles. The summed E-state index contributed by atoms with van der Waals surface area (Å²) in [7, 11) is -4.50. The Morgan fingerprint density at radius 1 is 1.21 bits per heavy atom. The minimum Gasteiger partial charge on any atom is -0.384 e. The van der Waals surface area contributed by atoms with Crippen molar-refractivity contribution in [1.82, 2.24) is 9.78 Å². The predicted molar refractivity (Wildman–Crippen MR) is 70.6 cm³/mol. The maximum Gasteiger partial charge on any atom is 0.296 e. The Balaban J connectivity index is 2.72. The maximum absolute atomic E-state index is 11.6. The zero-order chi connectivity index (χ0) is 14.4. The van der Waals surface area contributed by atoms with E-state index in [4.69, 9.17) is 33.5 Å². The monoisotopic (exact) mass is 323 g/mol. The summed E-state index contributed by atoms with van der Waals surface area (Å²) < 4.78 is 32.0. The van der Waals surface area contributed by atoms with Crippen LogP contribution in [0.3, 0.4) is 0 Å². The molecule has 0 radical (unpaired) electrons. The number of benzene rings is 1. The predicted octanol–water partition coefficient (Wildman–Crippen LogP) is 1.30. The van der Waals surface area contributed by atoms with Gasteiger partial charge in [0, 0.05) is 6.07 Å². The zero-order valence-corrected chi connectivity index (χ0v) is 11.4. The van der Waals surface area contributed by atoms with E-state index in [2.05, 4.69) is 5.10 Å². The van der Waals surface area contributed by atoms with E-state index in [0.717, 1.165) is 22.9 Å². The van der Waals surface area contributed by atoms with Gasteiger partial charge in [-0.3, -0.25) is 14.4 Å². The lowest BCUT2D eigenvalue weighted by atomic mass is 10.3. The number of rotatable bonds is 2. The molecule has 2 rings (SSSR count). The molecular formula is C9H7Cl2N3O4S. The van der Waals surface area contributed by atoms with E-state index in [1.54, 1.807) is 0 Å².